The minimum absolute atomic E-state index is 0.281. The molecule has 3 N–H and O–H groups in total. The lowest BCUT2D eigenvalue weighted by Crippen LogP contribution is -2.12. The van der Waals surface area contributed by atoms with E-state index in [4.69, 9.17) is 41.2 Å². The smallest absolute Gasteiger partial charge is 0.106 e. The van der Waals surface area contributed by atoms with Gasteiger partial charge in [-0.05, 0) is 46.3 Å². The van der Waals surface area contributed by atoms with E-state index in [1.165, 1.54) is 0 Å². The zero-order valence-electron chi connectivity index (χ0n) is 9.58. The Morgan fingerprint density at radius 2 is 1.89 bits per heavy atom. The minimum atomic E-state index is 0.281. The average Bonchev–Trinajstić information content (AvgIpc) is 2.36. The van der Waals surface area contributed by atoms with Crippen LogP contribution in [-0.2, 0) is 0 Å². The third-order valence-corrected chi connectivity index (χ3v) is 4.32. The van der Waals surface area contributed by atoms with Crippen molar-refractivity contribution in [3.8, 4) is 0 Å². The second kappa shape index (κ2) is 6.09. The Kier molecular flexibility index (Phi) is 4.68. The molecule has 19 heavy (non-hydrogen) atoms. The number of rotatable bonds is 3. The van der Waals surface area contributed by atoms with Crippen molar-refractivity contribution in [2.45, 2.75) is 0 Å². The number of hydrogen-bond donors (Lipinski definition) is 2. The van der Waals surface area contributed by atoms with Gasteiger partial charge in [0.2, 0.25) is 0 Å². The first-order chi connectivity index (χ1) is 8.99. The van der Waals surface area contributed by atoms with Gasteiger partial charge >= 0.3 is 0 Å². The quantitative estimate of drug-likeness (QED) is 0.730. The van der Waals surface area contributed by atoms with Crippen molar-refractivity contribution in [3.63, 3.8) is 0 Å². The van der Waals surface area contributed by atoms with Crippen molar-refractivity contribution in [2.75, 3.05) is 5.32 Å². The van der Waals surface area contributed by atoms with Crippen LogP contribution in [-0.4, -0.2) is 4.99 Å². The highest BCUT2D eigenvalue weighted by Gasteiger charge is 2.09. The maximum absolute atomic E-state index is 6.05. The summed E-state index contributed by atoms with van der Waals surface area (Å²) in [5, 5.41) is 4.44. The highest BCUT2D eigenvalue weighted by molar-refractivity contribution is 9.10. The Balaban J connectivity index is 2.44. The number of hydrogen-bond acceptors (Lipinski definition) is 2. The first-order valence-corrected chi connectivity index (χ1v) is 7.25. The van der Waals surface area contributed by atoms with Gasteiger partial charge in [-0.1, -0.05) is 41.5 Å². The lowest BCUT2D eigenvalue weighted by atomic mass is 10.1. The number of benzene rings is 2. The van der Waals surface area contributed by atoms with E-state index in [1.54, 1.807) is 18.2 Å². The highest BCUT2D eigenvalue weighted by atomic mass is 79.9. The van der Waals surface area contributed by atoms with Gasteiger partial charge in [0.15, 0.2) is 0 Å². The molecule has 2 nitrogen and oxygen atoms in total. The van der Waals surface area contributed by atoms with Crippen LogP contribution < -0.4 is 11.1 Å². The molecule has 0 aromatic heterocycles. The molecule has 2 aromatic carbocycles. The summed E-state index contributed by atoms with van der Waals surface area (Å²) in [6.45, 7) is 0. The molecule has 0 unspecified atom stereocenters. The zero-order chi connectivity index (χ0) is 14.0. The summed E-state index contributed by atoms with van der Waals surface area (Å²) in [6, 6.07) is 10.9. The number of halogens is 3. The van der Waals surface area contributed by atoms with Crippen molar-refractivity contribution in [3.05, 3.63) is 56.5 Å². The van der Waals surface area contributed by atoms with E-state index < -0.39 is 0 Å². The van der Waals surface area contributed by atoms with Crippen molar-refractivity contribution >= 4 is 67.7 Å². The molecule has 6 heteroatoms. The molecular formula is C13H9BrCl2N2S. The molecular weight excluding hydrogens is 367 g/mol. The van der Waals surface area contributed by atoms with Crippen LogP contribution in [0.15, 0.2) is 40.9 Å². The first-order valence-electron chi connectivity index (χ1n) is 5.29. The van der Waals surface area contributed by atoms with Crippen LogP contribution in [0.25, 0.3) is 0 Å². The number of thiocarbonyl (C=S) groups is 1. The molecule has 0 aliphatic carbocycles. The fourth-order valence-electron chi connectivity index (χ4n) is 1.57. The Morgan fingerprint density at radius 3 is 2.58 bits per heavy atom. The monoisotopic (exact) mass is 374 g/mol. The largest absolute Gasteiger partial charge is 0.389 e. The normalized spacial score (nSPS) is 10.3. The van der Waals surface area contributed by atoms with E-state index in [-0.39, 0.29) is 4.99 Å². The van der Waals surface area contributed by atoms with Gasteiger partial charge in [0.1, 0.15) is 4.99 Å². The van der Waals surface area contributed by atoms with Crippen LogP contribution in [0.2, 0.25) is 10.0 Å². The third-order valence-electron chi connectivity index (χ3n) is 2.47. The average molecular weight is 376 g/mol. The van der Waals surface area contributed by atoms with Crippen LogP contribution in [0.5, 0.6) is 0 Å². The predicted octanol–water partition coefficient (Wildman–Crippen LogP) is 5.13. The summed E-state index contributed by atoms with van der Waals surface area (Å²) in [5.74, 6) is 0. The summed E-state index contributed by atoms with van der Waals surface area (Å²) < 4.78 is 0.778. The summed E-state index contributed by atoms with van der Waals surface area (Å²) in [5.41, 5.74) is 7.99. The molecule has 0 saturated carbocycles. The number of anilines is 2. The molecule has 0 amide bonds. The van der Waals surface area contributed by atoms with Crippen molar-refractivity contribution in [1.29, 1.82) is 0 Å². The Bertz CT molecular complexity index is 647. The standard InChI is InChI=1S/C13H9BrCl2N2S/c14-12-9(16)2-1-3-11(12)18-10-5-4-7(15)6-8(10)13(17)19/h1-6,18H,(H2,17,19). The summed E-state index contributed by atoms with van der Waals surface area (Å²) >= 11 is 20.5. The number of nitrogens with one attached hydrogen (secondary N) is 1. The Morgan fingerprint density at radius 1 is 1.16 bits per heavy atom. The molecule has 0 atom stereocenters. The zero-order valence-corrected chi connectivity index (χ0v) is 13.5. The van der Waals surface area contributed by atoms with Gasteiger partial charge in [-0.3, -0.25) is 0 Å². The Labute approximate surface area is 135 Å². The van der Waals surface area contributed by atoms with E-state index in [9.17, 15) is 0 Å². The van der Waals surface area contributed by atoms with Crippen LogP contribution in [0.1, 0.15) is 5.56 Å². The molecule has 0 saturated heterocycles. The second-order valence-corrected chi connectivity index (χ2v) is 5.86. The number of nitrogens with two attached hydrogens (primary N) is 1. The fraction of sp³-hybridized carbons (Fsp3) is 0. The van der Waals surface area contributed by atoms with E-state index in [0.29, 0.717) is 15.6 Å². The molecule has 0 radical (unpaired) electrons. The minimum Gasteiger partial charge on any atom is -0.389 e. The second-order valence-electron chi connectivity index (χ2n) is 3.78. The summed E-state index contributed by atoms with van der Waals surface area (Å²) in [4.78, 5) is 0.281. The van der Waals surface area contributed by atoms with Crippen LogP contribution in [0.4, 0.5) is 11.4 Å². The van der Waals surface area contributed by atoms with Crippen LogP contribution in [0, 0.1) is 0 Å². The highest BCUT2D eigenvalue weighted by Crippen LogP contribution is 2.33. The molecule has 0 spiro atoms. The fourth-order valence-corrected chi connectivity index (χ4v) is 2.45. The predicted molar refractivity (Wildman–Crippen MR) is 89.8 cm³/mol. The summed E-state index contributed by atoms with van der Waals surface area (Å²) in [7, 11) is 0. The van der Waals surface area contributed by atoms with E-state index in [2.05, 4.69) is 21.2 Å². The van der Waals surface area contributed by atoms with Crippen LogP contribution in [0.3, 0.4) is 0 Å². The van der Waals surface area contributed by atoms with E-state index >= 15 is 0 Å². The van der Waals surface area contributed by atoms with Crippen molar-refractivity contribution in [1.82, 2.24) is 0 Å². The van der Waals surface area contributed by atoms with Crippen molar-refractivity contribution in [2.24, 2.45) is 5.73 Å². The molecule has 0 heterocycles. The van der Waals surface area contributed by atoms with Gasteiger partial charge in [0, 0.05) is 16.3 Å². The topological polar surface area (TPSA) is 38.0 Å². The third kappa shape index (κ3) is 3.39. The van der Waals surface area contributed by atoms with Gasteiger partial charge in [0.25, 0.3) is 0 Å². The van der Waals surface area contributed by atoms with Gasteiger partial charge in [-0.15, -0.1) is 0 Å². The lowest BCUT2D eigenvalue weighted by molar-refractivity contribution is 1.50. The first kappa shape index (κ1) is 14.6. The van der Waals surface area contributed by atoms with Gasteiger partial charge in [-0.2, -0.15) is 0 Å². The molecule has 0 bridgehead atoms. The SMILES string of the molecule is NC(=S)c1cc(Cl)ccc1Nc1cccc(Cl)c1Br. The molecule has 0 fully saturated rings. The molecule has 0 aliphatic rings. The summed E-state index contributed by atoms with van der Waals surface area (Å²) in [6.07, 6.45) is 0. The lowest BCUT2D eigenvalue weighted by Gasteiger charge is -2.13. The maximum Gasteiger partial charge on any atom is 0.106 e. The van der Waals surface area contributed by atoms with Crippen molar-refractivity contribution < 1.29 is 0 Å². The molecule has 98 valence electrons. The van der Waals surface area contributed by atoms with Crippen LogP contribution >= 0.6 is 51.3 Å². The van der Waals surface area contributed by atoms with E-state index in [1.807, 2.05) is 18.2 Å². The van der Waals surface area contributed by atoms with Gasteiger partial charge < -0.3 is 11.1 Å². The molecule has 2 aromatic rings. The maximum atomic E-state index is 6.05. The van der Waals surface area contributed by atoms with E-state index in [0.717, 1.165) is 15.8 Å². The molecule has 2 rings (SSSR count). The van der Waals surface area contributed by atoms with Gasteiger partial charge in [0.05, 0.1) is 15.2 Å². The van der Waals surface area contributed by atoms with Gasteiger partial charge in [-0.25, -0.2) is 0 Å². The Hall–Kier alpha value is -0.810. The molecule has 0 aliphatic heterocycles.